The van der Waals surface area contributed by atoms with Crippen molar-refractivity contribution in [1.29, 1.82) is 0 Å². The Bertz CT molecular complexity index is 416. The lowest BCUT2D eigenvalue weighted by molar-refractivity contribution is 0.0136. The number of carbonyl (C=O) groups is 1. The monoisotopic (exact) mass is 238 g/mol. The van der Waals surface area contributed by atoms with E-state index in [0.29, 0.717) is 12.3 Å². The Morgan fingerprint density at radius 1 is 1.65 bits per heavy atom. The molecule has 1 aromatic rings. The van der Waals surface area contributed by atoms with Crippen LogP contribution in [0.1, 0.15) is 35.9 Å². The van der Waals surface area contributed by atoms with Gasteiger partial charge >= 0.3 is 0 Å². The fraction of sp³-hybridized carbons (Fsp3) is 0.636. The number of rotatable bonds is 2. The molecular formula is C11H18N4O2. The van der Waals surface area contributed by atoms with Crippen molar-refractivity contribution >= 4 is 11.6 Å². The van der Waals surface area contributed by atoms with Crippen LogP contribution < -0.4 is 11.1 Å². The second-order valence-corrected chi connectivity index (χ2v) is 4.49. The van der Waals surface area contributed by atoms with Crippen LogP contribution in [-0.2, 0) is 4.74 Å². The molecule has 1 aromatic heterocycles. The molecular weight excluding hydrogens is 220 g/mol. The molecule has 0 spiro atoms. The number of nitrogens with zero attached hydrogens (tertiary/aromatic N) is 1. The molecule has 17 heavy (non-hydrogen) atoms. The van der Waals surface area contributed by atoms with Crippen LogP contribution in [0.15, 0.2) is 0 Å². The zero-order valence-corrected chi connectivity index (χ0v) is 10.1. The van der Waals surface area contributed by atoms with Gasteiger partial charge < -0.3 is 15.8 Å². The summed E-state index contributed by atoms with van der Waals surface area (Å²) < 4.78 is 5.43. The summed E-state index contributed by atoms with van der Waals surface area (Å²) in [5, 5.41) is 9.55. The number of amides is 1. The van der Waals surface area contributed by atoms with Gasteiger partial charge in [-0.05, 0) is 26.7 Å². The van der Waals surface area contributed by atoms with Gasteiger partial charge in [0.2, 0.25) is 0 Å². The van der Waals surface area contributed by atoms with Crippen molar-refractivity contribution in [2.75, 3.05) is 12.3 Å². The molecule has 0 saturated carbocycles. The Balaban J connectivity index is 1.99. The van der Waals surface area contributed by atoms with E-state index in [-0.39, 0.29) is 23.7 Å². The van der Waals surface area contributed by atoms with E-state index in [2.05, 4.69) is 15.5 Å². The summed E-state index contributed by atoms with van der Waals surface area (Å²) in [5.41, 5.74) is 7.17. The average Bonchev–Trinajstić information content (AvgIpc) is 2.60. The molecule has 6 heteroatoms. The quantitative estimate of drug-likeness (QED) is 0.703. The van der Waals surface area contributed by atoms with Gasteiger partial charge in [0, 0.05) is 12.6 Å². The minimum atomic E-state index is -0.217. The van der Waals surface area contributed by atoms with Crippen molar-refractivity contribution in [3.8, 4) is 0 Å². The molecule has 0 radical (unpaired) electrons. The number of aryl methyl sites for hydroxylation is 1. The number of ether oxygens (including phenoxy) is 1. The average molecular weight is 238 g/mol. The topological polar surface area (TPSA) is 93.0 Å². The number of anilines is 1. The number of aromatic nitrogens is 2. The first-order valence-electron chi connectivity index (χ1n) is 5.81. The number of carbonyl (C=O) groups excluding carboxylic acids is 1. The zero-order chi connectivity index (χ0) is 12.4. The predicted octanol–water partition coefficient (Wildman–Crippen LogP) is 0.598. The lowest BCUT2D eigenvalue weighted by Gasteiger charge is -2.27. The van der Waals surface area contributed by atoms with Gasteiger partial charge in [0.25, 0.3) is 5.91 Å². The molecule has 0 bridgehead atoms. The van der Waals surface area contributed by atoms with Crippen LogP contribution in [0, 0.1) is 6.92 Å². The second kappa shape index (κ2) is 4.75. The third-order valence-electron chi connectivity index (χ3n) is 3.03. The normalized spacial score (nSPS) is 24.6. The zero-order valence-electron chi connectivity index (χ0n) is 10.1. The number of hydrogen-bond acceptors (Lipinski definition) is 4. The van der Waals surface area contributed by atoms with Crippen molar-refractivity contribution in [1.82, 2.24) is 15.5 Å². The van der Waals surface area contributed by atoms with Gasteiger partial charge in [-0.3, -0.25) is 9.89 Å². The Kier molecular flexibility index (Phi) is 3.33. The van der Waals surface area contributed by atoms with Crippen molar-refractivity contribution < 1.29 is 9.53 Å². The molecule has 2 unspecified atom stereocenters. The maximum Gasteiger partial charge on any atom is 0.274 e. The van der Waals surface area contributed by atoms with E-state index in [1.54, 1.807) is 6.92 Å². The van der Waals surface area contributed by atoms with E-state index in [9.17, 15) is 4.79 Å². The van der Waals surface area contributed by atoms with E-state index in [1.807, 2.05) is 6.92 Å². The van der Waals surface area contributed by atoms with Gasteiger partial charge in [-0.25, -0.2) is 0 Å². The molecule has 1 saturated heterocycles. The number of aromatic amines is 1. The highest BCUT2D eigenvalue weighted by molar-refractivity contribution is 5.97. The number of hydrogen-bond donors (Lipinski definition) is 3. The Labute approximate surface area is 99.9 Å². The van der Waals surface area contributed by atoms with Crippen molar-refractivity contribution in [3.63, 3.8) is 0 Å². The Morgan fingerprint density at radius 3 is 3.00 bits per heavy atom. The number of nitrogens with two attached hydrogens (primary N) is 1. The lowest BCUT2D eigenvalue weighted by Crippen LogP contribution is -2.41. The molecule has 0 aliphatic carbocycles. The molecule has 2 rings (SSSR count). The smallest absolute Gasteiger partial charge is 0.274 e. The van der Waals surface area contributed by atoms with Crippen LogP contribution in [0.5, 0.6) is 0 Å². The summed E-state index contributed by atoms with van der Waals surface area (Å²) in [7, 11) is 0. The SMILES string of the molecule is Cc1[nH]nc(C(=O)NC2CCOC(C)C2)c1N. The molecule has 94 valence electrons. The summed E-state index contributed by atoms with van der Waals surface area (Å²) >= 11 is 0. The van der Waals surface area contributed by atoms with E-state index < -0.39 is 0 Å². The number of H-pyrrole nitrogens is 1. The maximum atomic E-state index is 11.9. The fourth-order valence-corrected chi connectivity index (χ4v) is 1.99. The molecule has 2 heterocycles. The minimum Gasteiger partial charge on any atom is -0.395 e. The maximum absolute atomic E-state index is 11.9. The van der Waals surface area contributed by atoms with Gasteiger partial charge in [-0.1, -0.05) is 0 Å². The first-order chi connectivity index (χ1) is 8.08. The van der Waals surface area contributed by atoms with Crippen LogP contribution in [0.2, 0.25) is 0 Å². The molecule has 2 atom stereocenters. The first-order valence-corrected chi connectivity index (χ1v) is 5.81. The molecule has 1 aliphatic heterocycles. The highest BCUT2D eigenvalue weighted by atomic mass is 16.5. The molecule has 6 nitrogen and oxygen atoms in total. The summed E-state index contributed by atoms with van der Waals surface area (Å²) in [6.45, 7) is 4.47. The van der Waals surface area contributed by atoms with Crippen LogP contribution in [0.3, 0.4) is 0 Å². The van der Waals surface area contributed by atoms with E-state index in [4.69, 9.17) is 10.5 Å². The van der Waals surface area contributed by atoms with Crippen LogP contribution in [-0.4, -0.2) is 34.9 Å². The largest absolute Gasteiger partial charge is 0.395 e. The predicted molar refractivity (Wildman–Crippen MR) is 63.6 cm³/mol. The molecule has 1 fully saturated rings. The van der Waals surface area contributed by atoms with Gasteiger partial charge in [0.15, 0.2) is 5.69 Å². The van der Waals surface area contributed by atoms with E-state index in [1.165, 1.54) is 0 Å². The number of nitrogens with one attached hydrogen (secondary N) is 2. The van der Waals surface area contributed by atoms with Crippen LogP contribution in [0.25, 0.3) is 0 Å². The fourth-order valence-electron chi connectivity index (χ4n) is 1.99. The summed E-state index contributed by atoms with van der Waals surface area (Å²) in [4.78, 5) is 11.9. The third-order valence-corrected chi connectivity index (χ3v) is 3.03. The minimum absolute atomic E-state index is 0.141. The van der Waals surface area contributed by atoms with Gasteiger partial charge in [-0.15, -0.1) is 0 Å². The number of nitrogen functional groups attached to an aromatic ring is 1. The molecule has 0 aromatic carbocycles. The second-order valence-electron chi connectivity index (χ2n) is 4.49. The van der Waals surface area contributed by atoms with Gasteiger partial charge in [0.05, 0.1) is 17.5 Å². The van der Waals surface area contributed by atoms with Crippen molar-refractivity contribution in [2.45, 2.75) is 38.8 Å². The summed E-state index contributed by atoms with van der Waals surface area (Å²) in [6, 6.07) is 0.141. The van der Waals surface area contributed by atoms with Crippen LogP contribution in [0.4, 0.5) is 5.69 Å². The summed E-state index contributed by atoms with van der Waals surface area (Å²) in [5.74, 6) is -0.217. The van der Waals surface area contributed by atoms with Crippen LogP contribution >= 0.6 is 0 Å². The Hall–Kier alpha value is -1.56. The lowest BCUT2D eigenvalue weighted by atomic mass is 10.0. The van der Waals surface area contributed by atoms with Gasteiger partial charge in [0.1, 0.15) is 0 Å². The molecule has 4 N–H and O–H groups in total. The van der Waals surface area contributed by atoms with E-state index >= 15 is 0 Å². The third kappa shape index (κ3) is 2.58. The molecule has 1 amide bonds. The highest BCUT2D eigenvalue weighted by Gasteiger charge is 2.23. The Morgan fingerprint density at radius 2 is 2.41 bits per heavy atom. The highest BCUT2D eigenvalue weighted by Crippen LogP contribution is 2.16. The summed E-state index contributed by atoms with van der Waals surface area (Å²) in [6.07, 6.45) is 1.85. The standard InChI is InChI=1S/C11H18N4O2/c1-6-5-8(3-4-17-6)13-11(16)10-9(12)7(2)14-15-10/h6,8H,3-5,12H2,1-2H3,(H,13,16)(H,14,15). The van der Waals surface area contributed by atoms with Crippen molar-refractivity contribution in [2.24, 2.45) is 0 Å². The molecule has 1 aliphatic rings. The van der Waals surface area contributed by atoms with Crippen molar-refractivity contribution in [3.05, 3.63) is 11.4 Å². The van der Waals surface area contributed by atoms with E-state index in [0.717, 1.165) is 18.5 Å². The van der Waals surface area contributed by atoms with Gasteiger partial charge in [-0.2, -0.15) is 5.10 Å². The first kappa shape index (κ1) is 11.9.